The van der Waals surface area contributed by atoms with Gasteiger partial charge in [-0.05, 0) is 23.6 Å². The minimum absolute atomic E-state index is 0.482. The van der Waals surface area contributed by atoms with Crippen molar-refractivity contribution >= 4 is 11.5 Å². The fraction of sp³-hybridized carbons (Fsp3) is 0.429. The van der Waals surface area contributed by atoms with Crippen LogP contribution in [0, 0.1) is 0 Å². The normalized spacial score (nSPS) is 10.9. The third-order valence-corrected chi connectivity index (χ3v) is 3.34. The number of hydrogen-bond acceptors (Lipinski definition) is 5. The zero-order chi connectivity index (χ0) is 13.7. The first-order chi connectivity index (χ1) is 9.19. The second-order valence-corrected chi connectivity index (χ2v) is 5.26. The molecule has 2 aromatic rings. The van der Waals surface area contributed by atoms with Crippen molar-refractivity contribution in [1.82, 2.24) is 9.36 Å². The molecule has 0 fully saturated rings. The van der Waals surface area contributed by atoms with Crippen LogP contribution in [0.5, 0.6) is 10.9 Å². The maximum absolute atomic E-state index is 5.73. The maximum Gasteiger partial charge on any atom is 0.298 e. The van der Waals surface area contributed by atoms with Crippen LogP contribution in [-0.4, -0.2) is 23.1 Å². The molecule has 0 N–H and O–H groups in total. The molecule has 0 saturated heterocycles. The van der Waals surface area contributed by atoms with E-state index in [-0.39, 0.29) is 0 Å². The Balaban J connectivity index is 2.04. The Kier molecular flexibility index (Phi) is 4.87. The standard InChI is InChI=1S/C14H18N2O2S/c1-10(2)11-5-4-6-12(9-11)18-14-15-13(16-19-14)7-8-17-3/h4-6,9-10H,7-8H2,1-3H3. The molecule has 0 aliphatic carbocycles. The second-order valence-electron chi connectivity index (χ2n) is 4.55. The third-order valence-electron chi connectivity index (χ3n) is 2.71. The highest BCUT2D eigenvalue weighted by molar-refractivity contribution is 7.07. The van der Waals surface area contributed by atoms with Crippen molar-refractivity contribution < 1.29 is 9.47 Å². The summed E-state index contributed by atoms with van der Waals surface area (Å²) in [6.07, 6.45) is 0.711. The first-order valence-electron chi connectivity index (χ1n) is 6.28. The van der Waals surface area contributed by atoms with E-state index in [9.17, 15) is 0 Å². The van der Waals surface area contributed by atoms with Gasteiger partial charge in [0.1, 0.15) is 11.6 Å². The topological polar surface area (TPSA) is 44.2 Å². The van der Waals surface area contributed by atoms with Crippen molar-refractivity contribution in [2.75, 3.05) is 13.7 Å². The van der Waals surface area contributed by atoms with Gasteiger partial charge in [-0.25, -0.2) is 0 Å². The molecule has 2 rings (SSSR count). The minimum Gasteiger partial charge on any atom is -0.430 e. The van der Waals surface area contributed by atoms with Crippen LogP contribution in [0.1, 0.15) is 31.2 Å². The molecule has 0 bridgehead atoms. The summed E-state index contributed by atoms with van der Waals surface area (Å²) in [5.41, 5.74) is 1.25. The van der Waals surface area contributed by atoms with E-state index in [1.54, 1.807) is 7.11 Å². The molecule has 1 aromatic heterocycles. The number of hydrogen-bond donors (Lipinski definition) is 0. The predicted octanol–water partition coefficient (Wildman–Crippen LogP) is 3.64. The van der Waals surface area contributed by atoms with Gasteiger partial charge in [0.2, 0.25) is 0 Å². The molecule has 102 valence electrons. The highest BCUT2D eigenvalue weighted by Crippen LogP contribution is 2.26. The highest BCUT2D eigenvalue weighted by Gasteiger charge is 2.07. The Hall–Kier alpha value is -1.46. The second kappa shape index (κ2) is 6.63. The van der Waals surface area contributed by atoms with Crippen molar-refractivity contribution in [1.29, 1.82) is 0 Å². The summed E-state index contributed by atoms with van der Waals surface area (Å²) < 4.78 is 15.0. The summed E-state index contributed by atoms with van der Waals surface area (Å²) in [5, 5.41) is 0.576. The predicted molar refractivity (Wildman–Crippen MR) is 76.1 cm³/mol. The van der Waals surface area contributed by atoms with E-state index in [2.05, 4.69) is 29.3 Å². The fourth-order valence-corrected chi connectivity index (χ4v) is 2.21. The summed E-state index contributed by atoms with van der Waals surface area (Å²) >= 11 is 1.27. The molecule has 0 aliphatic heterocycles. The molecule has 0 aliphatic rings. The Morgan fingerprint density at radius 3 is 2.89 bits per heavy atom. The van der Waals surface area contributed by atoms with Crippen molar-refractivity contribution in [3.8, 4) is 10.9 Å². The molecule has 0 unspecified atom stereocenters. The van der Waals surface area contributed by atoms with Gasteiger partial charge in [-0.15, -0.1) is 0 Å². The van der Waals surface area contributed by atoms with Crippen LogP contribution in [0.3, 0.4) is 0 Å². The van der Waals surface area contributed by atoms with Crippen LogP contribution in [0.25, 0.3) is 0 Å². The first-order valence-corrected chi connectivity index (χ1v) is 7.05. The Labute approximate surface area is 117 Å². The van der Waals surface area contributed by atoms with Gasteiger partial charge in [-0.2, -0.15) is 9.36 Å². The first kappa shape index (κ1) is 14.0. The number of rotatable bonds is 6. The lowest BCUT2D eigenvalue weighted by molar-refractivity contribution is 0.200. The van der Waals surface area contributed by atoms with E-state index in [4.69, 9.17) is 9.47 Å². The molecule has 4 nitrogen and oxygen atoms in total. The fourth-order valence-electron chi connectivity index (χ4n) is 1.61. The summed E-state index contributed by atoms with van der Waals surface area (Å²) in [4.78, 5) is 4.32. The van der Waals surface area contributed by atoms with Gasteiger partial charge in [-0.1, -0.05) is 26.0 Å². The number of methoxy groups -OCH3 is 1. The van der Waals surface area contributed by atoms with Crippen LogP contribution in [0.15, 0.2) is 24.3 Å². The van der Waals surface area contributed by atoms with Crippen LogP contribution in [-0.2, 0) is 11.2 Å². The van der Waals surface area contributed by atoms with Crippen LogP contribution in [0.2, 0.25) is 0 Å². The Morgan fingerprint density at radius 2 is 2.16 bits per heavy atom. The number of nitrogens with zero attached hydrogens (tertiary/aromatic N) is 2. The Bertz CT molecular complexity index is 526. The molecule has 1 heterocycles. The molecule has 0 spiro atoms. The molecule has 5 heteroatoms. The highest BCUT2D eigenvalue weighted by atomic mass is 32.1. The molecule has 19 heavy (non-hydrogen) atoms. The van der Waals surface area contributed by atoms with Gasteiger partial charge in [0.25, 0.3) is 5.19 Å². The summed E-state index contributed by atoms with van der Waals surface area (Å²) in [5.74, 6) is 2.05. The molecule has 0 atom stereocenters. The minimum atomic E-state index is 0.482. The third kappa shape index (κ3) is 4.01. The van der Waals surface area contributed by atoms with Gasteiger partial charge in [0.05, 0.1) is 6.61 Å². The monoisotopic (exact) mass is 278 g/mol. The number of ether oxygens (including phenoxy) is 2. The maximum atomic E-state index is 5.73. The van der Waals surface area contributed by atoms with Crippen molar-refractivity contribution in [2.45, 2.75) is 26.2 Å². The average molecular weight is 278 g/mol. The van der Waals surface area contributed by atoms with Crippen LogP contribution < -0.4 is 4.74 Å². The zero-order valence-electron chi connectivity index (χ0n) is 11.4. The van der Waals surface area contributed by atoms with E-state index >= 15 is 0 Å². The summed E-state index contributed by atoms with van der Waals surface area (Å²) in [7, 11) is 1.67. The van der Waals surface area contributed by atoms with E-state index in [0.29, 0.717) is 24.1 Å². The van der Waals surface area contributed by atoms with Gasteiger partial charge in [0, 0.05) is 25.1 Å². The van der Waals surface area contributed by atoms with Gasteiger partial charge in [-0.3, -0.25) is 0 Å². The van der Waals surface area contributed by atoms with E-state index in [1.165, 1.54) is 17.1 Å². The lowest BCUT2D eigenvalue weighted by Crippen LogP contribution is -1.96. The van der Waals surface area contributed by atoms with Crippen molar-refractivity contribution in [3.05, 3.63) is 35.7 Å². The van der Waals surface area contributed by atoms with Gasteiger partial charge in [0.15, 0.2) is 0 Å². The van der Waals surface area contributed by atoms with Crippen molar-refractivity contribution in [2.24, 2.45) is 0 Å². The van der Waals surface area contributed by atoms with Gasteiger partial charge < -0.3 is 9.47 Å². The van der Waals surface area contributed by atoms with E-state index in [1.807, 2.05) is 18.2 Å². The lowest BCUT2D eigenvalue weighted by Gasteiger charge is -2.07. The van der Waals surface area contributed by atoms with Crippen LogP contribution in [0.4, 0.5) is 0 Å². The molecular formula is C14H18N2O2S. The summed E-state index contributed by atoms with van der Waals surface area (Å²) in [6, 6.07) is 8.07. The van der Waals surface area contributed by atoms with E-state index < -0.39 is 0 Å². The summed E-state index contributed by atoms with van der Waals surface area (Å²) in [6.45, 7) is 4.94. The number of benzene rings is 1. The van der Waals surface area contributed by atoms with E-state index in [0.717, 1.165) is 11.6 Å². The average Bonchev–Trinajstić information content (AvgIpc) is 2.84. The Morgan fingerprint density at radius 1 is 1.32 bits per heavy atom. The van der Waals surface area contributed by atoms with Gasteiger partial charge >= 0.3 is 0 Å². The van der Waals surface area contributed by atoms with Crippen LogP contribution >= 0.6 is 11.5 Å². The molecular weight excluding hydrogens is 260 g/mol. The SMILES string of the molecule is COCCc1nsc(Oc2cccc(C(C)C)c2)n1. The van der Waals surface area contributed by atoms with Crippen molar-refractivity contribution in [3.63, 3.8) is 0 Å². The zero-order valence-corrected chi connectivity index (χ0v) is 12.2. The molecule has 0 amide bonds. The quantitative estimate of drug-likeness (QED) is 0.809. The largest absolute Gasteiger partial charge is 0.430 e. The molecule has 0 saturated carbocycles. The molecule has 1 aromatic carbocycles. The smallest absolute Gasteiger partial charge is 0.298 e. The molecule has 0 radical (unpaired) electrons. The lowest BCUT2D eigenvalue weighted by atomic mass is 10.0. The number of aromatic nitrogens is 2.